The smallest absolute Gasteiger partial charge is 0.233 e. The average molecular weight is 418 g/mol. The lowest BCUT2D eigenvalue weighted by atomic mass is 10.2. The van der Waals surface area contributed by atoms with Crippen LogP contribution in [0.5, 0.6) is 11.5 Å². The molecule has 0 bridgehead atoms. The van der Waals surface area contributed by atoms with Crippen molar-refractivity contribution in [2.24, 2.45) is 0 Å². The van der Waals surface area contributed by atoms with Crippen molar-refractivity contribution in [3.05, 3.63) is 47.8 Å². The quantitative estimate of drug-likeness (QED) is 0.527. The number of nitrogens with one attached hydrogen (secondary N) is 1. The summed E-state index contributed by atoms with van der Waals surface area (Å²) in [4.78, 5) is 22.0. The minimum Gasteiger partial charge on any atom is -0.494 e. The molecule has 3 aromatic rings. The Morgan fingerprint density at radius 1 is 1.24 bits per heavy atom. The van der Waals surface area contributed by atoms with Crippen LogP contribution in [0, 0.1) is 5.82 Å². The van der Waals surface area contributed by atoms with Crippen molar-refractivity contribution >= 4 is 28.7 Å². The molecule has 0 aliphatic carbocycles. The SMILES string of the molecule is CCOc1ccc2nc(SCC(=O)N(CC)Cc3ccc(OC)c(F)c3)[nH]c2c1. The van der Waals surface area contributed by atoms with Gasteiger partial charge in [-0.25, -0.2) is 9.37 Å². The zero-order chi connectivity index (χ0) is 20.8. The van der Waals surface area contributed by atoms with E-state index in [1.165, 1.54) is 24.9 Å². The first-order valence-electron chi connectivity index (χ1n) is 9.39. The van der Waals surface area contributed by atoms with E-state index >= 15 is 0 Å². The van der Waals surface area contributed by atoms with Crippen LogP contribution < -0.4 is 9.47 Å². The average Bonchev–Trinajstić information content (AvgIpc) is 3.13. The van der Waals surface area contributed by atoms with E-state index in [9.17, 15) is 9.18 Å². The molecular formula is C21H24FN3O3S. The van der Waals surface area contributed by atoms with Gasteiger partial charge in [0.15, 0.2) is 16.7 Å². The molecule has 3 rings (SSSR count). The van der Waals surface area contributed by atoms with Crippen molar-refractivity contribution < 1.29 is 18.7 Å². The second-order valence-corrected chi connectivity index (χ2v) is 7.28. The molecule has 0 atom stereocenters. The van der Waals surface area contributed by atoms with E-state index in [0.717, 1.165) is 22.3 Å². The van der Waals surface area contributed by atoms with Gasteiger partial charge in [0.05, 0.1) is 30.5 Å². The lowest BCUT2D eigenvalue weighted by molar-refractivity contribution is -0.128. The van der Waals surface area contributed by atoms with E-state index < -0.39 is 5.82 Å². The predicted octanol–water partition coefficient (Wildman–Crippen LogP) is 4.25. The molecule has 0 saturated heterocycles. The molecule has 0 aliphatic heterocycles. The van der Waals surface area contributed by atoms with Crippen molar-refractivity contribution in [2.75, 3.05) is 26.0 Å². The van der Waals surface area contributed by atoms with E-state index in [1.807, 2.05) is 32.0 Å². The Morgan fingerprint density at radius 2 is 2.07 bits per heavy atom. The Hall–Kier alpha value is -2.74. The molecular weight excluding hydrogens is 393 g/mol. The highest BCUT2D eigenvalue weighted by Gasteiger charge is 2.15. The normalized spacial score (nSPS) is 10.9. The van der Waals surface area contributed by atoms with Crippen LogP contribution in [-0.2, 0) is 11.3 Å². The highest BCUT2D eigenvalue weighted by Crippen LogP contribution is 2.24. The molecule has 0 saturated carbocycles. The standard InChI is InChI=1S/C21H24FN3O3S/c1-4-25(12-14-6-9-19(27-3)16(22)10-14)20(26)13-29-21-23-17-8-7-15(28-5-2)11-18(17)24-21/h6-11H,4-5,12-13H2,1-3H3,(H,23,24). The Labute approximate surface area is 173 Å². The van der Waals surface area contributed by atoms with E-state index in [0.29, 0.717) is 24.9 Å². The van der Waals surface area contributed by atoms with Crippen LogP contribution in [-0.4, -0.2) is 46.8 Å². The first-order chi connectivity index (χ1) is 14.0. The molecule has 1 heterocycles. The van der Waals surface area contributed by atoms with Gasteiger partial charge >= 0.3 is 0 Å². The summed E-state index contributed by atoms with van der Waals surface area (Å²) < 4.78 is 24.3. The van der Waals surface area contributed by atoms with Crippen LogP contribution in [0.2, 0.25) is 0 Å². The van der Waals surface area contributed by atoms with E-state index in [1.54, 1.807) is 17.0 Å². The molecule has 1 amide bonds. The summed E-state index contributed by atoms with van der Waals surface area (Å²) in [7, 11) is 1.42. The van der Waals surface area contributed by atoms with Crippen molar-refractivity contribution in [3.8, 4) is 11.5 Å². The molecule has 29 heavy (non-hydrogen) atoms. The second-order valence-electron chi connectivity index (χ2n) is 6.32. The van der Waals surface area contributed by atoms with Gasteiger partial charge in [-0.3, -0.25) is 4.79 Å². The lowest BCUT2D eigenvalue weighted by Crippen LogP contribution is -2.31. The number of fused-ring (bicyclic) bond motifs is 1. The molecule has 0 unspecified atom stereocenters. The fourth-order valence-electron chi connectivity index (χ4n) is 2.92. The van der Waals surface area contributed by atoms with Crippen molar-refractivity contribution in [1.82, 2.24) is 14.9 Å². The van der Waals surface area contributed by atoms with Crippen molar-refractivity contribution in [2.45, 2.75) is 25.5 Å². The Bertz CT molecular complexity index is 992. The summed E-state index contributed by atoms with van der Waals surface area (Å²) in [6.07, 6.45) is 0. The number of amides is 1. The van der Waals surface area contributed by atoms with Gasteiger partial charge in [0, 0.05) is 19.2 Å². The number of hydrogen-bond acceptors (Lipinski definition) is 5. The fourth-order valence-corrected chi connectivity index (χ4v) is 3.70. The molecule has 154 valence electrons. The Balaban J connectivity index is 1.62. The number of carbonyl (C=O) groups is 1. The molecule has 0 aliphatic rings. The van der Waals surface area contributed by atoms with Gasteiger partial charge in [-0.05, 0) is 43.7 Å². The number of ether oxygens (including phenoxy) is 2. The fraction of sp³-hybridized carbons (Fsp3) is 0.333. The summed E-state index contributed by atoms with van der Waals surface area (Å²) in [5.74, 6) is 0.738. The number of H-pyrrole nitrogens is 1. The topological polar surface area (TPSA) is 67.4 Å². The summed E-state index contributed by atoms with van der Waals surface area (Å²) in [5, 5.41) is 0.675. The van der Waals surface area contributed by atoms with Gasteiger partial charge in [0.25, 0.3) is 0 Å². The van der Waals surface area contributed by atoms with Crippen LogP contribution in [0.15, 0.2) is 41.6 Å². The van der Waals surface area contributed by atoms with E-state index in [4.69, 9.17) is 9.47 Å². The van der Waals surface area contributed by atoms with Crippen LogP contribution >= 0.6 is 11.8 Å². The monoisotopic (exact) mass is 417 g/mol. The van der Waals surface area contributed by atoms with E-state index in [2.05, 4.69) is 9.97 Å². The number of nitrogens with zero attached hydrogens (tertiary/aromatic N) is 2. The lowest BCUT2D eigenvalue weighted by Gasteiger charge is -2.21. The zero-order valence-corrected chi connectivity index (χ0v) is 17.5. The van der Waals surface area contributed by atoms with Gasteiger partial charge < -0.3 is 19.4 Å². The van der Waals surface area contributed by atoms with E-state index in [-0.39, 0.29) is 17.4 Å². The molecule has 0 spiro atoms. The number of hydrogen-bond donors (Lipinski definition) is 1. The van der Waals surface area contributed by atoms with Crippen molar-refractivity contribution in [3.63, 3.8) is 0 Å². The number of halogens is 1. The molecule has 0 radical (unpaired) electrons. The zero-order valence-electron chi connectivity index (χ0n) is 16.7. The number of imidazole rings is 1. The third-order valence-corrected chi connectivity index (χ3v) is 5.26. The summed E-state index contributed by atoms with van der Waals surface area (Å²) in [6, 6.07) is 10.4. The maximum atomic E-state index is 13.9. The number of aromatic amines is 1. The third-order valence-electron chi connectivity index (χ3n) is 4.40. The molecule has 8 heteroatoms. The van der Waals surface area contributed by atoms with Crippen LogP contribution in [0.3, 0.4) is 0 Å². The first kappa shape index (κ1) is 21.0. The Kier molecular flexibility index (Phi) is 6.98. The Morgan fingerprint density at radius 3 is 2.76 bits per heavy atom. The maximum Gasteiger partial charge on any atom is 0.233 e. The number of thioether (sulfide) groups is 1. The molecule has 0 fully saturated rings. The minimum absolute atomic E-state index is 0.0378. The number of carbonyl (C=O) groups excluding carboxylic acids is 1. The number of benzene rings is 2. The maximum absolute atomic E-state index is 13.9. The molecule has 1 N–H and O–H groups in total. The highest BCUT2D eigenvalue weighted by molar-refractivity contribution is 7.99. The van der Waals surface area contributed by atoms with Crippen LogP contribution in [0.25, 0.3) is 11.0 Å². The summed E-state index contributed by atoms with van der Waals surface area (Å²) in [6.45, 7) is 5.31. The summed E-state index contributed by atoms with van der Waals surface area (Å²) in [5.41, 5.74) is 2.41. The highest BCUT2D eigenvalue weighted by atomic mass is 32.2. The number of aromatic nitrogens is 2. The van der Waals surface area contributed by atoms with Gasteiger partial charge in [0.2, 0.25) is 5.91 Å². The van der Waals surface area contributed by atoms with Gasteiger partial charge in [0.1, 0.15) is 5.75 Å². The van der Waals surface area contributed by atoms with Gasteiger partial charge in [-0.2, -0.15) is 0 Å². The predicted molar refractivity (Wildman–Crippen MR) is 112 cm³/mol. The number of methoxy groups -OCH3 is 1. The first-order valence-corrected chi connectivity index (χ1v) is 10.4. The second kappa shape index (κ2) is 9.65. The minimum atomic E-state index is -0.434. The third kappa shape index (κ3) is 5.20. The summed E-state index contributed by atoms with van der Waals surface area (Å²) >= 11 is 1.34. The van der Waals surface area contributed by atoms with Gasteiger partial charge in [-0.1, -0.05) is 17.8 Å². The largest absolute Gasteiger partial charge is 0.494 e. The molecule has 1 aromatic heterocycles. The molecule has 2 aromatic carbocycles. The van der Waals surface area contributed by atoms with Crippen molar-refractivity contribution in [1.29, 1.82) is 0 Å². The van der Waals surface area contributed by atoms with Gasteiger partial charge in [-0.15, -0.1) is 0 Å². The number of rotatable bonds is 9. The molecule has 6 nitrogen and oxygen atoms in total. The van der Waals surface area contributed by atoms with Crippen LogP contribution in [0.1, 0.15) is 19.4 Å². The van der Waals surface area contributed by atoms with Crippen LogP contribution in [0.4, 0.5) is 4.39 Å².